The Balaban J connectivity index is 1.45. The summed E-state index contributed by atoms with van der Waals surface area (Å²) < 4.78 is 2.01. The number of imidazole rings is 1. The van der Waals surface area contributed by atoms with Crippen molar-refractivity contribution in [2.45, 2.75) is 25.4 Å². The average Bonchev–Trinajstić information content (AvgIpc) is 3.28. The van der Waals surface area contributed by atoms with E-state index in [1.54, 1.807) is 17.7 Å². The molecule has 25 heavy (non-hydrogen) atoms. The van der Waals surface area contributed by atoms with Crippen LogP contribution in [0.5, 0.6) is 0 Å². The fourth-order valence-electron chi connectivity index (χ4n) is 2.61. The zero-order valence-electron chi connectivity index (χ0n) is 14.0. The smallest absolute Gasteiger partial charge is 0.237 e. The summed E-state index contributed by atoms with van der Waals surface area (Å²) in [6, 6.07) is 11.7. The number of carbonyl (C=O) groups excluding carboxylic acids is 1. The molecule has 2 aromatic heterocycles. The van der Waals surface area contributed by atoms with Gasteiger partial charge in [-0.25, -0.2) is 4.98 Å². The Labute approximate surface area is 151 Å². The highest BCUT2D eigenvalue weighted by Crippen LogP contribution is 2.07. The monoisotopic (exact) mass is 354 g/mol. The predicted molar refractivity (Wildman–Crippen MR) is 100 cm³/mol. The third-order valence-corrected chi connectivity index (χ3v) is 4.69. The third-order valence-electron chi connectivity index (χ3n) is 3.95. The van der Waals surface area contributed by atoms with E-state index >= 15 is 0 Å². The molecule has 1 amide bonds. The van der Waals surface area contributed by atoms with Gasteiger partial charge < -0.3 is 15.6 Å². The second-order valence-electron chi connectivity index (χ2n) is 6.01. The standard InChI is InChI=1S/C19H22N4OS/c20-18(19(24)21-8-6-16-7-9-25-13-16)10-17-12-23(14-22-17)11-15-4-2-1-3-5-15/h1-5,7,9,12-14,18H,6,8,10-11,20H2,(H,21,24)/t18-/m0/s1. The Hall–Kier alpha value is -2.44. The lowest BCUT2D eigenvalue weighted by molar-refractivity contribution is -0.122. The van der Waals surface area contributed by atoms with Crippen molar-refractivity contribution < 1.29 is 4.79 Å². The first-order valence-corrected chi connectivity index (χ1v) is 9.24. The molecule has 1 atom stereocenters. The normalized spacial score (nSPS) is 12.0. The molecule has 0 aliphatic rings. The zero-order chi connectivity index (χ0) is 17.5. The van der Waals surface area contributed by atoms with Gasteiger partial charge in [0.15, 0.2) is 0 Å². The molecule has 1 aromatic carbocycles. The largest absolute Gasteiger partial charge is 0.354 e. The van der Waals surface area contributed by atoms with Gasteiger partial charge in [0.05, 0.1) is 18.1 Å². The molecule has 3 N–H and O–H groups in total. The molecule has 0 fully saturated rings. The summed E-state index contributed by atoms with van der Waals surface area (Å²) in [6.45, 7) is 1.36. The van der Waals surface area contributed by atoms with Crippen LogP contribution in [0.4, 0.5) is 0 Å². The molecule has 0 bridgehead atoms. The summed E-state index contributed by atoms with van der Waals surface area (Å²) in [6.07, 6.45) is 4.99. The SMILES string of the molecule is N[C@@H](Cc1cn(Cc2ccccc2)cn1)C(=O)NCCc1ccsc1. The topological polar surface area (TPSA) is 72.9 Å². The minimum atomic E-state index is -0.581. The molecule has 0 aliphatic carbocycles. The summed E-state index contributed by atoms with van der Waals surface area (Å²) in [4.78, 5) is 16.5. The molecule has 130 valence electrons. The van der Waals surface area contributed by atoms with Gasteiger partial charge in [-0.1, -0.05) is 30.3 Å². The van der Waals surface area contributed by atoms with Crippen LogP contribution in [0.25, 0.3) is 0 Å². The molecular weight excluding hydrogens is 332 g/mol. The van der Waals surface area contributed by atoms with E-state index in [9.17, 15) is 4.79 Å². The van der Waals surface area contributed by atoms with Crippen molar-refractivity contribution in [3.8, 4) is 0 Å². The number of amides is 1. The third kappa shape index (κ3) is 5.27. The van der Waals surface area contributed by atoms with Crippen molar-refractivity contribution in [1.29, 1.82) is 0 Å². The first-order valence-electron chi connectivity index (χ1n) is 8.29. The van der Waals surface area contributed by atoms with Gasteiger partial charge in [-0.05, 0) is 34.4 Å². The van der Waals surface area contributed by atoms with Crippen molar-refractivity contribution >= 4 is 17.2 Å². The molecule has 2 heterocycles. The van der Waals surface area contributed by atoms with Crippen molar-refractivity contribution in [3.63, 3.8) is 0 Å². The van der Waals surface area contributed by atoms with Crippen LogP contribution >= 0.6 is 11.3 Å². The van der Waals surface area contributed by atoms with Gasteiger partial charge in [0.1, 0.15) is 0 Å². The maximum absolute atomic E-state index is 12.1. The van der Waals surface area contributed by atoms with Crippen LogP contribution in [0.3, 0.4) is 0 Å². The summed E-state index contributed by atoms with van der Waals surface area (Å²) >= 11 is 1.66. The number of benzene rings is 1. The van der Waals surface area contributed by atoms with Gasteiger partial charge in [-0.2, -0.15) is 11.3 Å². The molecule has 3 aromatic rings. The van der Waals surface area contributed by atoms with Crippen LogP contribution in [-0.4, -0.2) is 28.0 Å². The number of rotatable bonds is 8. The maximum Gasteiger partial charge on any atom is 0.237 e. The Bertz CT molecular complexity index is 783. The first kappa shape index (κ1) is 17.4. The summed E-state index contributed by atoms with van der Waals surface area (Å²) in [5.41, 5.74) is 9.29. The van der Waals surface area contributed by atoms with Gasteiger partial charge in [0.25, 0.3) is 0 Å². The highest BCUT2D eigenvalue weighted by atomic mass is 32.1. The van der Waals surface area contributed by atoms with Gasteiger partial charge in [0, 0.05) is 25.7 Å². The minimum Gasteiger partial charge on any atom is -0.354 e. The molecule has 5 nitrogen and oxygen atoms in total. The highest BCUT2D eigenvalue weighted by Gasteiger charge is 2.15. The second kappa shape index (κ2) is 8.60. The van der Waals surface area contributed by atoms with E-state index in [1.165, 1.54) is 11.1 Å². The molecule has 0 saturated heterocycles. The van der Waals surface area contributed by atoms with Crippen LogP contribution in [0.2, 0.25) is 0 Å². The van der Waals surface area contributed by atoms with E-state index in [4.69, 9.17) is 5.73 Å². The fraction of sp³-hybridized carbons (Fsp3) is 0.263. The number of aromatic nitrogens is 2. The Morgan fingerprint density at radius 1 is 1.24 bits per heavy atom. The maximum atomic E-state index is 12.1. The zero-order valence-corrected chi connectivity index (χ0v) is 14.8. The number of nitrogens with two attached hydrogens (primary N) is 1. The molecule has 0 aliphatic heterocycles. The van der Waals surface area contributed by atoms with E-state index in [2.05, 4.69) is 33.9 Å². The van der Waals surface area contributed by atoms with Crippen LogP contribution in [-0.2, 0) is 24.2 Å². The van der Waals surface area contributed by atoms with E-state index in [0.29, 0.717) is 13.0 Å². The lowest BCUT2D eigenvalue weighted by atomic mass is 10.1. The molecule has 0 unspecified atom stereocenters. The Kier molecular flexibility index (Phi) is 5.98. The molecule has 0 spiro atoms. The van der Waals surface area contributed by atoms with Gasteiger partial charge in [0.2, 0.25) is 5.91 Å². The molecule has 3 rings (SSSR count). The van der Waals surface area contributed by atoms with E-state index < -0.39 is 6.04 Å². The quantitative estimate of drug-likeness (QED) is 0.651. The van der Waals surface area contributed by atoms with E-state index in [0.717, 1.165) is 18.7 Å². The number of nitrogens with zero attached hydrogens (tertiary/aromatic N) is 2. The van der Waals surface area contributed by atoms with Gasteiger partial charge in [-0.15, -0.1) is 0 Å². The number of thiophene rings is 1. The number of nitrogens with one attached hydrogen (secondary N) is 1. The second-order valence-corrected chi connectivity index (χ2v) is 6.79. The number of carbonyl (C=O) groups is 1. The Morgan fingerprint density at radius 2 is 2.08 bits per heavy atom. The van der Waals surface area contributed by atoms with Crippen LogP contribution in [0, 0.1) is 0 Å². The summed E-state index contributed by atoms with van der Waals surface area (Å²) in [5.74, 6) is -0.132. The molecule has 6 heteroatoms. The molecular formula is C19H22N4OS. The molecule has 0 radical (unpaired) electrons. The summed E-state index contributed by atoms with van der Waals surface area (Å²) in [7, 11) is 0. The van der Waals surface area contributed by atoms with Crippen molar-refractivity contribution in [3.05, 3.63) is 76.5 Å². The predicted octanol–water partition coefficient (Wildman–Crippen LogP) is 2.22. The lowest BCUT2D eigenvalue weighted by Gasteiger charge is -2.10. The van der Waals surface area contributed by atoms with Gasteiger partial charge in [-0.3, -0.25) is 4.79 Å². The van der Waals surface area contributed by atoms with Crippen molar-refractivity contribution in [2.75, 3.05) is 6.54 Å². The van der Waals surface area contributed by atoms with E-state index in [-0.39, 0.29) is 5.91 Å². The number of hydrogen-bond acceptors (Lipinski definition) is 4. The Morgan fingerprint density at radius 3 is 2.84 bits per heavy atom. The van der Waals surface area contributed by atoms with Crippen LogP contribution in [0.1, 0.15) is 16.8 Å². The van der Waals surface area contributed by atoms with Crippen molar-refractivity contribution in [2.24, 2.45) is 5.73 Å². The molecule has 0 saturated carbocycles. The fourth-order valence-corrected chi connectivity index (χ4v) is 3.31. The van der Waals surface area contributed by atoms with Gasteiger partial charge >= 0.3 is 0 Å². The number of hydrogen-bond donors (Lipinski definition) is 2. The van der Waals surface area contributed by atoms with Crippen LogP contribution < -0.4 is 11.1 Å². The first-order chi connectivity index (χ1) is 12.2. The van der Waals surface area contributed by atoms with E-state index in [1.807, 2.05) is 34.3 Å². The lowest BCUT2D eigenvalue weighted by Crippen LogP contribution is -2.42. The highest BCUT2D eigenvalue weighted by molar-refractivity contribution is 7.07. The van der Waals surface area contributed by atoms with Crippen LogP contribution in [0.15, 0.2) is 59.7 Å². The average molecular weight is 354 g/mol. The minimum absolute atomic E-state index is 0.132. The summed E-state index contributed by atoms with van der Waals surface area (Å²) in [5, 5.41) is 7.02. The van der Waals surface area contributed by atoms with Crippen molar-refractivity contribution in [1.82, 2.24) is 14.9 Å².